The zero-order valence-electron chi connectivity index (χ0n) is 14.0. The number of nitrogens with one attached hydrogen (secondary N) is 1. The second kappa shape index (κ2) is 7.17. The van der Waals surface area contributed by atoms with Gasteiger partial charge in [0, 0.05) is 12.1 Å². The van der Waals surface area contributed by atoms with Gasteiger partial charge in [-0.15, -0.1) is 0 Å². The zero-order valence-corrected chi connectivity index (χ0v) is 14.0. The van der Waals surface area contributed by atoms with E-state index in [4.69, 9.17) is 9.26 Å². The third-order valence-electron chi connectivity index (χ3n) is 3.75. The van der Waals surface area contributed by atoms with Crippen molar-refractivity contribution in [2.75, 3.05) is 6.54 Å². The molecule has 0 bridgehead atoms. The third kappa shape index (κ3) is 3.52. The fourth-order valence-corrected chi connectivity index (χ4v) is 2.47. The van der Waals surface area contributed by atoms with Crippen LogP contribution in [0, 0.1) is 0 Å². The molecule has 0 saturated heterocycles. The highest BCUT2D eigenvalue weighted by Gasteiger charge is 2.20. The van der Waals surface area contributed by atoms with Crippen molar-refractivity contribution in [1.29, 1.82) is 0 Å². The maximum absolute atomic E-state index is 12.3. The van der Waals surface area contributed by atoms with Crippen molar-refractivity contribution < 1.29 is 18.8 Å². The normalized spacial score (nSPS) is 11.9. The zero-order chi connectivity index (χ0) is 17.8. The molecule has 0 unspecified atom stereocenters. The van der Waals surface area contributed by atoms with Crippen molar-refractivity contribution in [3.05, 3.63) is 54.1 Å². The lowest BCUT2D eigenvalue weighted by molar-refractivity contribution is -0.128. The Labute approximate surface area is 144 Å². The van der Waals surface area contributed by atoms with Gasteiger partial charge in [0.05, 0.1) is 10.9 Å². The highest BCUT2D eigenvalue weighted by Crippen LogP contribution is 2.29. The topological polar surface area (TPSA) is 81.4 Å². The molecule has 1 heterocycles. The van der Waals surface area contributed by atoms with Gasteiger partial charge >= 0.3 is 5.97 Å². The first-order valence-electron chi connectivity index (χ1n) is 8.03. The molecule has 0 aliphatic heterocycles. The van der Waals surface area contributed by atoms with Crippen LogP contribution in [0.15, 0.2) is 53.1 Å². The van der Waals surface area contributed by atoms with Crippen molar-refractivity contribution >= 4 is 22.8 Å². The van der Waals surface area contributed by atoms with E-state index in [1.54, 1.807) is 25.1 Å². The maximum atomic E-state index is 12.3. The molecule has 0 aliphatic rings. The number of carbonyl (C=O) groups is 2. The lowest BCUT2D eigenvalue weighted by Crippen LogP contribution is -2.35. The van der Waals surface area contributed by atoms with Gasteiger partial charge in [0.1, 0.15) is 5.52 Å². The van der Waals surface area contributed by atoms with Crippen LogP contribution in [0.25, 0.3) is 22.2 Å². The van der Waals surface area contributed by atoms with Crippen molar-refractivity contribution in [3.8, 4) is 11.3 Å². The Morgan fingerprint density at radius 1 is 1.20 bits per heavy atom. The standard InChI is InChI=1S/C19H18N2O4/c1-3-20-18(22)12(2)24-19(23)14-9-10-16-15(11-14)17(25-21-16)13-7-5-4-6-8-13/h4-12H,3H2,1-2H3,(H,20,22)/t12-/m0/s1. The molecule has 0 saturated carbocycles. The third-order valence-corrected chi connectivity index (χ3v) is 3.75. The Balaban J connectivity index is 1.88. The Morgan fingerprint density at radius 3 is 2.68 bits per heavy atom. The minimum absolute atomic E-state index is 0.327. The average Bonchev–Trinajstić information content (AvgIpc) is 3.05. The quantitative estimate of drug-likeness (QED) is 0.723. The summed E-state index contributed by atoms with van der Waals surface area (Å²) in [6, 6.07) is 14.5. The number of esters is 1. The number of fused-ring (bicyclic) bond motifs is 1. The summed E-state index contributed by atoms with van der Waals surface area (Å²) in [5.41, 5.74) is 1.85. The number of hydrogen-bond acceptors (Lipinski definition) is 5. The van der Waals surface area contributed by atoms with E-state index in [-0.39, 0.29) is 5.91 Å². The van der Waals surface area contributed by atoms with Crippen LogP contribution < -0.4 is 5.32 Å². The summed E-state index contributed by atoms with van der Waals surface area (Å²) in [6.45, 7) is 3.82. The van der Waals surface area contributed by atoms with Crippen molar-refractivity contribution in [3.63, 3.8) is 0 Å². The monoisotopic (exact) mass is 338 g/mol. The molecule has 0 spiro atoms. The van der Waals surface area contributed by atoms with Gasteiger partial charge in [0.25, 0.3) is 5.91 Å². The van der Waals surface area contributed by atoms with Crippen LogP contribution >= 0.6 is 0 Å². The number of aromatic nitrogens is 1. The fourth-order valence-electron chi connectivity index (χ4n) is 2.47. The van der Waals surface area contributed by atoms with Crippen LogP contribution in [0.2, 0.25) is 0 Å². The molecule has 6 heteroatoms. The van der Waals surface area contributed by atoms with Gasteiger partial charge in [0.15, 0.2) is 11.9 Å². The predicted molar refractivity (Wildman–Crippen MR) is 93.0 cm³/mol. The number of carbonyl (C=O) groups excluding carboxylic acids is 2. The minimum Gasteiger partial charge on any atom is -0.449 e. The smallest absolute Gasteiger partial charge is 0.338 e. The molecule has 6 nitrogen and oxygen atoms in total. The molecule has 1 N–H and O–H groups in total. The molecule has 1 aromatic heterocycles. The molecule has 128 valence electrons. The highest BCUT2D eigenvalue weighted by atomic mass is 16.5. The number of hydrogen-bond donors (Lipinski definition) is 1. The molecule has 0 aliphatic carbocycles. The van der Waals surface area contributed by atoms with Gasteiger partial charge in [0.2, 0.25) is 0 Å². The Bertz CT molecular complexity index is 902. The number of likely N-dealkylation sites (N-methyl/N-ethyl adjacent to an activating group) is 1. The second-order valence-corrected chi connectivity index (χ2v) is 5.55. The van der Waals surface area contributed by atoms with Crippen LogP contribution in [0.5, 0.6) is 0 Å². The summed E-state index contributed by atoms with van der Waals surface area (Å²) in [7, 11) is 0. The Hall–Kier alpha value is -3.15. The van der Waals surface area contributed by atoms with Crippen molar-refractivity contribution in [2.45, 2.75) is 20.0 Å². The van der Waals surface area contributed by atoms with E-state index in [0.717, 1.165) is 5.56 Å². The number of amides is 1. The van der Waals surface area contributed by atoms with Gasteiger partial charge < -0.3 is 14.6 Å². The van der Waals surface area contributed by atoms with Crippen molar-refractivity contribution in [2.24, 2.45) is 0 Å². The first-order chi connectivity index (χ1) is 12.1. The summed E-state index contributed by atoms with van der Waals surface area (Å²) < 4.78 is 10.6. The van der Waals surface area contributed by atoms with Crippen LogP contribution in [0.1, 0.15) is 24.2 Å². The summed E-state index contributed by atoms with van der Waals surface area (Å²) in [4.78, 5) is 24.0. The Kier molecular flexibility index (Phi) is 4.79. The van der Waals surface area contributed by atoms with Crippen molar-refractivity contribution in [1.82, 2.24) is 10.5 Å². The maximum Gasteiger partial charge on any atom is 0.338 e. The molecule has 3 aromatic rings. The lowest BCUT2D eigenvalue weighted by Gasteiger charge is -2.12. The number of ether oxygens (including phenoxy) is 1. The number of benzene rings is 2. The molecule has 25 heavy (non-hydrogen) atoms. The SMILES string of the molecule is CCNC(=O)[C@H](C)OC(=O)c1ccc2noc(-c3ccccc3)c2c1. The fraction of sp³-hybridized carbons (Fsp3) is 0.211. The van der Waals surface area contributed by atoms with Gasteiger partial charge in [-0.2, -0.15) is 0 Å². The van der Waals surface area contributed by atoms with Gasteiger partial charge in [-0.1, -0.05) is 35.5 Å². The van der Waals surface area contributed by atoms with E-state index < -0.39 is 12.1 Å². The van der Waals surface area contributed by atoms with Crippen LogP contribution in [0.4, 0.5) is 0 Å². The molecule has 1 amide bonds. The van der Waals surface area contributed by atoms with Crippen LogP contribution in [0.3, 0.4) is 0 Å². The average molecular weight is 338 g/mol. The van der Waals surface area contributed by atoms with Gasteiger partial charge in [-0.25, -0.2) is 4.79 Å². The molecule has 2 aromatic carbocycles. The summed E-state index contributed by atoms with van der Waals surface area (Å²) in [5.74, 6) is -0.310. The molecular weight excluding hydrogens is 320 g/mol. The molecule has 0 radical (unpaired) electrons. The number of nitrogens with zero attached hydrogens (tertiary/aromatic N) is 1. The van der Waals surface area contributed by atoms with E-state index in [1.807, 2.05) is 30.3 Å². The minimum atomic E-state index is -0.862. The summed E-state index contributed by atoms with van der Waals surface area (Å²) in [6.07, 6.45) is -0.862. The molecular formula is C19H18N2O4. The Morgan fingerprint density at radius 2 is 1.96 bits per heavy atom. The first kappa shape index (κ1) is 16.7. The lowest BCUT2D eigenvalue weighted by atomic mass is 10.1. The predicted octanol–water partition coefficient (Wildman–Crippen LogP) is 3.18. The molecule has 0 fully saturated rings. The van der Waals surface area contributed by atoms with Gasteiger partial charge in [-0.3, -0.25) is 4.79 Å². The summed E-state index contributed by atoms with van der Waals surface area (Å²) >= 11 is 0. The number of rotatable bonds is 5. The van der Waals surface area contributed by atoms with E-state index in [9.17, 15) is 9.59 Å². The van der Waals surface area contributed by atoms with E-state index in [0.29, 0.717) is 28.8 Å². The first-order valence-corrected chi connectivity index (χ1v) is 8.03. The van der Waals surface area contributed by atoms with Crippen LogP contribution in [-0.4, -0.2) is 29.7 Å². The summed E-state index contributed by atoms with van der Waals surface area (Å²) in [5, 5.41) is 7.35. The van der Waals surface area contributed by atoms with E-state index >= 15 is 0 Å². The van der Waals surface area contributed by atoms with E-state index in [1.165, 1.54) is 6.92 Å². The van der Waals surface area contributed by atoms with Crippen LogP contribution in [-0.2, 0) is 9.53 Å². The molecule has 1 atom stereocenters. The van der Waals surface area contributed by atoms with Gasteiger partial charge in [-0.05, 0) is 32.0 Å². The second-order valence-electron chi connectivity index (χ2n) is 5.55. The largest absolute Gasteiger partial charge is 0.449 e. The highest BCUT2D eigenvalue weighted by molar-refractivity contribution is 5.99. The molecule has 3 rings (SSSR count). The van der Waals surface area contributed by atoms with E-state index in [2.05, 4.69) is 10.5 Å².